The number of carbonyl (C=O) groups is 2. The molecule has 0 radical (unpaired) electrons. The number of benzene rings is 1. The van der Waals surface area contributed by atoms with Crippen molar-refractivity contribution in [3.05, 3.63) is 57.9 Å². The number of hydrogen-bond acceptors (Lipinski definition) is 5. The van der Waals surface area contributed by atoms with Gasteiger partial charge in [-0.2, -0.15) is 0 Å². The van der Waals surface area contributed by atoms with E-state index in [-0.39, 0.29) is 28.5 Å². The van der Waals surface area contributed by atoms with Crippen LogP contribution in [0.5, 0.6) is 11.6 Å². The van der Waals surface area contributed by atoms with Gasteiger partial charge in [-0.3, -0.25) is 14.4 Å². The Morgan fingerprint density at radius 2 is 2.04 bits per heavy atom. The highest BCUT2D eigenvalue weighted by Crippen LogP contribution is 2.24. The number of aromatic nitrogens is 2. The molecule has 0 aliphatic heterocycles. The van der Waals surface area contributed by atoms with Crippen molar-refractivity contribution in [3.63, 3.8) is 0 Å². The van der Waals surface area contributed by atoms with Crippen LogP contribution in [0.1, 0.15) is 29.8 Å². The molecule has 23 heavy (non-hydrogen) atoms. The molecule has 1 heterocycles. The Hall–Kier alpha value is -3.09. The third-order valence-corrected chi connectivity index (χ3v) is 2.87. The normalized spacial score (nSPS) is 10.7. The van der Waals surface area contributed by atoms with Gasteiger partial charge < -0.3 is 9.72 Å². The van der Waals surface area contributed by atoms with E-state index in [2.05, 4.69) is 9.97 Å². The van der Waals surface area contributed by atoms with Crippen LogP contribution in [0.15, 0.2) is 35.4 Å². The first kappa shape index (κ1) is 16.3. The van der Waals surface area contributed by atoms with Gasteiger partial charge in [0.05, 0.1) is 11.9 Å². The van der Waals surface area contributed by atoms with Crippen LogP contribution >= 0.6 is 0 Å². The number of aromatic amines is 1. The number of carbonyl (C=O) groups excluding carboxylic acids is 2. The number of nitrogens with zero attached hydrogens (tertiary/aromatic N) is 1. The molecule has 6 nitrogen and oxygen atoms in total. The summed E-state index contributed by atoms with van der Waals surface area (Å²) in [5.74, 6) is -1.41. The average molecular weight is 316 g/mol. The SMILES string of the molecule is CC(=O)/C=C/c1c(Oc2ccc(C(C)=O)c(F)c2)nc[nH]c1=O. The van der Waals surface area contributed by atoms with Crippen LogP contribution in [-0.2, 0) is 4.79 Å². The van der Waals surface area contributed by atoms with E-state index in [0.717, 1.165) is 12.4 Å². The molecule has 0 bridgehead atoms. The van der Waals surface area contributed by atoms with Crippen molar-refractivity contribution in [2.45, 2.75) is 13.8 Å². The van der Waals surface area contributed by atoms with Gasteiger partial charge in [0.1, 0.15) is 17.1 Å². The van der Waals surface area contributed by atoms with Crippen LogP contribution in [0.25, 0.3) is 6.08 Å². The van der Waals surface area contributed by atoms with Crippen molar-refractivity contribution in [1.82, 2.24) is 9.97 Å². The first-order valence-electron chi connectivity index (χ1n) is 6.63. The van der Waals surface area contributed by atoms with Crippen molar-refractivity contribution >= 4 is 17.6 Å². The number of halogens is 1. The summed E-state index contributed by atoms with van der Waals surface area (Å²) in [7, 11) is 0. The minimum absolute atomic E-state index is 0.0266. The van der Waals surface area contributed by atoms with Crippen LogP contribution in [0, 0.1) is 5.82 Å². The van der Waals surface area contributed by atoms with Gasteiger partial charge in [0.25, 0.3) is 5.56 Å². The first-order valence-corrected chi connectivity index (χ1v) is 6.63. The van der Waals surface area contributed by atoms with Gasteiger partial charge in [-0.1, -0.05) is 0 Å². The van der Waals surface area contributed by atoms with Crippen LogP contribution in [0.4, 0.5) is 4.39 Å². The summed E-state index contributed by atoms with van der Waals surface area (Å²) in [6, 6.07) is 3.70. The molecular weight excluding hydrogens is 303 g/mol. The van der Waals surface area contributed by atoms with Crippen LogP contribution in [-0.4, -0.2) is 21.5 Å². The average Bonchev–Trinajstić information content (AvgIpc) is 2.46. The van der Waals surface area contributed by atoms with E-state index >= 15 is 0 Å². The van der Waals surface area contributed by atoms with Gasteiger partial charge in [0, 0.05) is 6.07 Å². The number of nitrogens with one attached hydrogen (secondary N) is 1. The van der Waals surface area contributed by atoms with Crippen molar-refractivity contribution in [3.8, 4) is 11.6 Å². The molecule has 0 amide bonds. The zero-order valence-electron chi connectivity index (χ0n) is 12.4. The number of H-pyrrole nitrogens is 1. The Bertz CT molecular complexity index is 855. The molecule has 0 aliphatic carbocycles. The minimum Gasteiger partial charge on any atom is -0.438 e. The molecule has 2 rings (SSSR count). The summed E-state index contributed by atoms with van der Waals surface area (Å²) >= 11 is 0. The maximum absolute atomic E-state index is 13.8. The van der Waals surface area contributed by atoms with Crippen molar-refractivity contribution in [2.24, 2.45) is 0 Å². The van der Waals surface area contributed by atoms with E-state index in [1.807, 2.05) is 0 Å². The van der Waals surface area contributed by atoms with Crippen molar-refractivity contribution in [2.75, 3.05) is 0 Å². The summed E-state index contributed by atoms with van der Waals surface area (Å²) in [4.78, 5) is 40.2. The lowest BCUT2D eigenvalue weighted by atomic mass is 10.1. The quantitative estimate of drug-likeness (QED) is 0.676. The Morgan fingerprint density at radius 1 is 1.30 bits per heavy atom. The number of hydrogen-bond donors (Lipinski definition) is 1. The second-order valence-electron chi connectivity index (χ2n) is 4.69. The van der Waals surface area contributed by atoms with Crippen molar-refractivity contribution < 1.29 is 18.7 Å². The second kappa shape index (κ2) is 6.78. The molecule has 2 aromatic rings. The molecular formula is C16H13FN2O4. The molecule has 0 saturated carbocycles. The molecule has 0 aliphatic rings. The highest BCUT2D eigenvalue weighted by molar-refractivity contribution is 5.94. The number of ether oxygens (including phenoxy) is 1. The standard InChI is InChI=1S/C16H13FN2O4/c1-9(20)3-5-13-15(22)18-8-19-16(13)23-11-4-6-12(10(2)21)14(17)7-11/h3-8H,1-2H3,(H,18,19,22)/b5-3+. The topological polar surface area (TPSA) is 89.1 Å². The molecule has 118 valence electrons. The van der Waals surface area contributed by atoms with Gasteiger partial charge >= 0.3 is 0 Å². The summed E-state index contributed by atoms with van der Waals surface area (Å²) in [6.45, 7) is 2.58. The lowest BCUT2D eigenvalue weighted by Crippen LogP contribution is -2.11. The van der Waals surface area contributed by atoms with Crippen LogP contribution < -0.4 is 10.3 Å². The lowest BCUT2D eigenvalue weighted by molar-refractivity contribution is -0.112. The minimum atomic E-state index is -0.735. The fourth-order valence-electron chi connectivity index (χ4n) is 1.78. The van der Waals surface area contributed by atoms with E-state index in [4.69, 9.17) is 4.74 Å². The highest BCUT2D eigenvalue weighted by atomic mass is 19.1. The summed E-state index contributed by atoms with van der Waals surface area (Å²) in [5.41, 5.74) is -0.542. The largest absolute Gasteiger partial charge is 0.438 e. The highest BCUT2D eigenvalue weighted by Gasteiger charge is 2.12. The first-order chi connectivity index (χ1) is 10.9. The predicted octanol–water partition coefficient (Wildman–Crippen LogP) is 2.51. The maximum atomic E-state index is 13.8. The fraction of sp³-hybridized carbons (Fsp3) is 0.125. The molecule has 0 fully saturated rings. The van der Waals surface area contributed by atoms with Gasteiger partial charge in [-0.15, -0.1) is 0 Å². The molecule has 0 atom stereocenters. The zero-order chi connectivity index (χ0) is 17.0. The third-order valence-electron chi connectivity index (χ3n) is 2.87. The third kappa shape index (κ3) is 3.97. The van der Waals surface area contributed by atoms with E-state index < -0.39 is 17.2 Å². The molecule has 0 saturated heterocycles. The molecule has 1 aromatic heterocycles. The molecule has 0 unspecified atom stereocenters. The maximum Gasteiger partial charge on any atom is 0.261 e. The number of rotatable bonds is 5. The smallest absolute Gasteiger partial charge is 0.261 e. The van der Waals surface area contributed by atoms with E-state index in [9.17, 15) is 18.8 Å². The van der Waals surface area contributed by atoms with E-state index in [1.54, 1.807) is 0 Å². The fourth-order valence-corrected chi connectivity index (χ4v) is 1.78. The van der Waals surface area contributed by atoms with Crippen LogP contribution in [0.2, 0.25) is 0 Å². The molecule has 7 heteroatoms. The predicted molar refractivity (Wildman–Crippen MR) is 81.1 cm³/mol. The van der Waals surface area contributed by atoms with Crippen molar-refractivity contribution in [1.29, 1.82) is 0 Å². The number of ketones is 2. The lowest BCUT2D eigenvalue weighted by Gasteiger charge is -2.08. The second-order valence-corrected chi connectivity index (χ2v) is 4.69. The summed E-state index contributed by atoms with van der Waals surface area (Å²) in [5, 5.41) is 0. The van der Waals surface area contributed by atoms with E-state index in [1.165, 1.54) is 38.1 Å². The zero-order valence-corrected chi connectivity index (χ0v) is 12.4. The van der Waals surface area contributed by atoms with Gasteiger partial charge in [0.15, 0.2) is 11.6 Å². The molecule has 1 aromatic carbocycles. The Morgan fingerprint density at radius 3 is 2.65 bits per heavy atom. The van der Waals surface area contributed by atoms with Gasteiger partial charge in [-0.25, -0.2) is 9.37 Å². The number of Topliss-reactive ketones (excluding diaryl/α,β-unsaturated/α-hetero) is 1. The number of allylic oxidation sites excluding steroid dienone is 1. The molecule has 1 N–H and O–H groups in total. The monoisotopic (exact) mass is 316 g/mol. The Balaban J connectivity index is 2.39. The summed E-state index contributed by atoms with van der Waals surface area (Å²) < 4.78 is 19.2. The Kier molecular flexibility index (Phi) is 4.80. The van der Waals surface area contributed by atoms with Gasteiger partial charge in [-0.05, 0) is 38.1 Å². The Labute approximate surface area is 130 Å². The van der Waals surface area contributed by atoms with Crippen LogP contribution in [0.3, 0.4) is 0 Å². The van der Waals surface area contributed by atoms with E-state index in [0.29, 0.717) is 0 Å². The molecule has 0 spiro atoms. The van der Waals surface area contributed by atoms with Gasteiger partial charge in [0.2, 0.25) is 5.88 Å². The summed E-state index contributed by atoms with van der Waals surface area (Å²) in [6.07, 6.45) is 3.59.